The topological polar surface area (TPSA) is 80.1 Å². The molecule has 0 saturated carbocycles. The maximum atomic E-state index is 8.66. The van der Waals surface area contributed by atoms with Crippen LogP contribution in [-0.2, 0) is 0 Å². The van der Waals surface area contributed by atoms with Gasteiger partial charge in [0.1, 0.15) is 12.1 Å². The number of nitriles is 2. The number of anilines is 2. The molecule has 0 amide bonds. The molecule has 6 heteroatoms. The van der Waals surface area contributed by atoms with Gasteiger partial charge in [-0.25, -0.2) is 0 Å². The minimum atomic E-state index is -0.189. The monoisotopic (exact) mass is 318 g/mol. The first-order valence-electron chi connectivity index (χ1n) is 7.91. The van der Waals surface area contributed by atoms with E-state index >= 15 is 0 Å². The molecule has 1 aromatic carbocycles. The Morgan fingerprint density at radius 3 is 2.25 bits per heavy atom. The van der Waals surface area contributed by atoms with E-state index in [0.29, 0.717) is 6.04 Å². The number of hydrazone groups is 1. The second-order valence-corrected chi connectivity index (χ2v) is 5.69. The van der Waals surface area contributed by atoms with Gasteiger partial charge in [0.05, 0.1) is 5.69 Å². The van der Waals surface area contributed by atoms with E-state index in [4.69, 9.17) is 10.5 Å². The minimum Gasteiger partial charge on any atom is -0.371 e. The molecule has 1 saturated heterocycles. The van der Waals surface area contributed by atoms with Crippen LogP contribution in [-0.4, -0.2) is 23.4 Å². The van der Waals surface area contributed by atoms with Gasteiger partial charge in [-0.2, -0.15) is 15.6 Å². The zero-order valence-corrected chi connectivity index (χ0v) is 13.3. The molecule has 24 heavy (non-hydrogen) atoms. The van der Waals surface area contributed by atoms with Gasteiger partial charge in [-0.15, -0.1) is 0 Å². The van der Waals surface area contributed by atoms with Gasteiger partial charge in [0.25, 0.3) is 0 Å². The summed E-state index contributed by atoms with van der Waals surface area (Å²) in [7, 11) is 0. The highest BCUT2D eigenvalue weighted by atomic mass is 15.3. The molecule has 1 aliphatic rings. The van der Waals surface area contributed by atoms with Crippen LogP contribution in [0.5, 0.6) is 0 Å². The highest BCUT2D eigenvalue weighted by Crippen LogP contribution is 2.27. The number of rotatable bonds is 4. The first kappa shape index (κ1) is 15.6. The third-order valence-corrected chi connectivity index (χ3v) is 4.25. The van der Waals surface area contributed by atoms with Crippen molar-refractivity contribution in [2.24, 2.45) is 5.10 Å². The summed E-state index contributed by atoms with van der Waals surface area (Å²) in [4.78, 5) is 2.38. The van der Waals surface area contributed by atoms with Crippen LogP contribution in [0, 0.1) is 22.7 Å². The molecule has 120 valence electrons. The van der Waals surface area contributed by atoms with E-state index in [9.17, 15) is 0 Å². The Labute approximate surface area is 141 Å². The summed E-state index contributed by atoms with van der Waals surface area (Å²) < 4.78 is 2.30. The zero-order chi connectivity index (χ0) is 16.8. The summed E-state index contributed by atoms with van der Waals surface area (Å²) in [6.45, 7) is 2.06. The zero-order valence-electron chi connectivity index (χ0n) is 13.3. The van der Waals surface area contributed by atoms with Gasteiger partial charge in [0.15, 0.2) is 0 Å². The van der Waals surface area contributed by atoms with Crippen molar-refractivity contribution in [1.82, 2.24) is 4.57 Å². The summed E-state index contributed by atoms with van der Waals surface area (Å²) in [5, 5.41) is 21.1. The molecule has 1 aromatic heterocycles. The van der Waals surface area contributed by atoms with Crippen molar-refractivity contribution in [1.29, 1.82) is 10.5 Å². The fourth-order valence-electron chi connectivity index (χ4n) is 2.96. The van der Waals surface area contributed by atoms with E-state index in [2.05, 4.69) is 44.5 Å². The lowest BCUT2D eigenvalue weighted by molar-refractivity contribution is 0.397. The van der Waals surface area contributed by atoms with E-state index in [-0.39, 0.29) is 5.71 Å². The Kier molecular flexibility index (Phi) is 4.78. The molecule has 0 spiro atoms. The lowest BCUT2D eigenvalue weighted by atomic mass is 10.0. The van der Waals surface area contributed by atoms with Crippen LogP contribution < -0.4 is 10.3 Å². The molecule has 0 unspecified atom stereocenters. The first-order valence-corrected chi connectivity index (χ1v) is 7.91. The predicted molar refractivity (Wildman–Crippen MR) is 93.6 cm³/mol. The standard InChI is InChI=1S/C18H18N6/c19-13-16(14-20)22-21-15-3-5-17(6-4-15)24-11-7-18(8-12-24)23-9-1-2-10-23/h1-6,9-10,18,21H,7-8,11-12H2. The summed E-state index contributed by atoms with van der Waals surface area (Å²) >= 11 is 0. The molecule has 0 atom stereocenters. The Hall–Kier alpha value is -3.25. The molecular formula is C18H18N6. The van der Waals surface area contributed by atoms with Crippen LogP contribution in [0.1, 0.15) is 18.9 Å². The van der Waals surface area contributed by atoms with Crippen LogP contribution in [0.25, 0.3) is 0 Å². The van der Waals surface area contributed by atoms with Gasteiger partial charge in [-0.3, -0.25) is 5.43 Å². The van der Waals surface area contributed by atoms with Gasteiger partial charge in [0.2, 0.25) is 5.71 Å². The molecule has 2 heterocycles. The van der Waals surface area contributed by atoms with Crippen LogP contribution in [0.4, 0.5) is 11.4 Å². The highest BCUT2D eigenvalue weighted by Gasteiger charge is 2.19. The van der Waals surface area contributed by atoms with Gasteiger partial charge in [0, 0.05) is 37.2 Å². The van der Waals surface area contributed by atoms with Gasteiger partial charge < -0.3 is 9.47 Å². The summed E-state index contributed by atoms with van der Waals surface area (Å²) in [6, 6.07) is 16.0. The number of benzene rings is 1. The van der Waals surface area contributed by atoms with E-state index in [1.807, 2.05) is 24.3 Å². The second-order valence-electron chi connectivity index (χ2n) is 5.69. The number of nitrogens with one attached hydrogen (secondary N) is 1. The Morgan fingerprint density at radius 2 is 1.67 bits per heavy atom. The highest BCUT2D eigenvalue weighted by molar-refractivity contribution is 6.10. The Balaban J connectivity index is 1.58. The minimum absolute atomic E-state index is 0.189. The molecule has 0 aliphatic carbocycles. The van der Waals surface area contributed by atoms with Crippen molar-refractivity contribution < 1.29 is 0 Å². The average Bonchev–Trinajstić information content (AvgIpc) is 3.18. The molecule has 2 aromatic rings. The molecule has 1 aliphatic heterocycles. The maximum Gasteiger partial charge on any atom is 0.237 e. The van der Waals surface area contributed by atoms with Crippen LogP contribution in [0.15, 0.2) is 53.9 Å². The van der Waals surface area contributed by atoms with Crippen LogP contribution in [0.3, 0.4) is 0 Å². The normalized spacial score (nSPS) is 14.5. The number of hydrogen-bond acceptors (Lipinski definition) is 5. The molecular weight excluding hydrogens is 300 g/mol. The first-order chi connectivity index (χ1) is 11.8. The number of piperidine rings is 1. The SMILES string of the molecule is N#CC(C#N)=NNc1ccc(N2CCC(n3cccc3)CC2)cc1. The Morgan fingerprint density at radius 1 is 1.04 bits per heavy atom. The second kappa shape index (κ2) is 7.34. The quantitative estimate of drug-likeness (QED) is 0.693. The van der Waals surface area contributed by atoms with Gasteiger partial charge in [-0.1, -0.05) is 0 Å². The molecule has 6 nitrogen and oxygen atoms in total. The van der Waals surface area contributed by atoms with E-state index in [1.165, 1.54) is 5.69 Å². The number of aromatic nitrogens is 1. The number of hydrogen-bond donors (Lipinski definition) is 1. The lowest BCUT2D eigenvalue weighted by Crippen LogP contribution is -2.34. The average molecular weight is 318 g/mol. The van der Waals surface area contributed by atoms with Crippen LogP contribution >= 0.6 is 0 Å². The molecule has 1 fully saturated rings. The largest absolute Gasteiger partial charge is 0.371 e. The Bertz CT molecular complexity index is 752. The van der Waals surface area contributed by atoms with Gasteiger partial charge in [-0.05, 0) is 49.2 Å². The molecule has 0 radical (unpaired) electrons. The third-order valence-electron chi connectivity index (χ3n) is 4.25. The predicted octanol–water partition coefficient (Wildman–Crippen LogP) is 3.14. The van der Waals surface area contributed by atoms with Crippen molar-refractivity contribution in [2.45, 2.75) is 18.9 Å². The van der Waals surface area contributed by atoms with E-state index in [1.54, 1.807) is 12.1 Å². The third kappa shape index (κ3) is 3.56. The smallest absolute Gasteiger partial charge is 0.237 e. The van der Waals surface area contributed by atoms with Gasteiger partial charge >= 0.3 is 0 Å². The fraction of sp³-hybridized carbons (Fsp3) is 0.278. The lowest BCUT2D eigenvalue weighted by Gasteiger charge is -2.34. The van der Waals surface area contributed by atoms with Crippen molar-refractivity contribution in [2.75, 3.05) is 23.4 Å². The van der Waals surface area contributed by atoms with Crippen molar-refractivity contribution in [3.8, 4) is 12.1 Å². The molecule has 1 N–H and O–H groups in total. The fourth-order valence-corrected chi connectivity index (χ4v) is 2.96. The summed E-state index contributed by atoms with van der Waals surface area (Å²) in [5.41, 5.74) is 4.47. The molecule has 3 rings (SSSR count). The summed E-state index contributed by atoms with van der Waals surface area (Å²) in [6.07, 6.45) is 6.54. The maximum absolute atomic E-state index is 8.66. The van der Waals surface area contributed by atoms with Crippen molar-refractivity contribution >= 4 is 17.1 Å². The van der Waals surface area contributed by atoms with Crippen molar-refractivity contribution in [3.63, 3.8) is 0 Å². The molecule has 0 bridgehead atoms. The summed E-state index contributed by atoms with van der Waals surface area (Å²) in [5.74, 6) is 0. The number of nitrogens with zero attached hydrogens (tertiary/aromatic N) is 5. The van der Waals surface area contributed by atoms with Crippen LogP contribution in [0.2, 0.25) is 0 Å². The van der Waals surface area contributed by atoms with E-state index < -0.39 is 0 Å². The van der Waals surface area contributed by atoms with Crippen molar-refractivity contribution in [3.05, 3.63) is 48.8 Å². The van der Waals surface area contributed by atoms with E-state index in [0.717, 1.165) is 31.6 Å².